The highest BCUT2D eigenvalue weighted by Gasteiger charge is 2.50. The minimum atomic E-state index is -1.92. The Morgan fingerprint density at radius 2 is 0.818 bits per heavy atom. The lowest BCUT2D eigenvalue weighted by atomic mass is 9.98. The van der Waals surface area contributed by atoms with Gasteiger partial charge in [-0.1, -0.05) is 194 Å². The van der Waals surface area contributed by atoms with Gasteiger partial charge in [0.2, 0.25) is 0 Å². The molecule has 0 spiro atoms. The molecule has 1 saturated heterocycles. The number of carbonyl (C=O) groups excluding carboxylic acids is 3. The molecule has 0 amide bonds. The third-order valence-electron chi connectivity index (χ3n) is 12.8. The van der Waals surface area contributed by atoms with Gasteiger partial charge < -0.3 is 39.0 Å². The average Bonchev–Trinajstić information content (AvgIpc) is 3.42. The number of aliphatic carboxylic acids is 1. The molecule has 3 N–H and O–H groups in total. The Morgan fingerprint density at radius 3 is 1.26 bits per heavy atom. The molecule has 6 unspecified atom stereocenters. The van der Waals surface area contributed by atoms with E-state index in [0.717, 1.165) is 148 Å². The largest absolute Gasteiger partial charge is 0.479 e. The molecule has 1 rings (SSSR count). The highest BCUT2D eigenvalue weighted by molar-refractivity contribution is 5.74. The van der Waals surface area contributed by atoms with E-state index in [-0.39, 0.29) is 25.9 Å². The fraction of sp³-hybridized carbons (Fsp3) is 0.662. The standard InChI is InChI=1S/C65H104O12/c1-4-7-10-13-16-19-22-25-27-28-29-30-32-34-36-39-42-45-48-51-57(66)73-54-56(75-58(67)52-49-46-43-40-38-35-31-26-23-20-17-14-11-8-5-2)55-74-65-63(61(70)60(69)62(77-65)64(71)72)76-59(68)53-50-47-44-41-37-33-24-21-18-15-12-9-6-3/h7,9-10,12,16-21,25-27,29-31,33,37,56,60-63,65,69-70H,4-6,8,11,13-15,22-24,28,32,34-36,38-55H2,1-3H3,(H,71,72)/b10-7-,12-9-,19-16-,20-17-,21-18-,27-25-,30-29-,31-26-,37-33-. The summed E-state index contributed by atoms with van der Waals surface area (Å²) >= 11 is 0. The molecule has 12 nitrogen and oxygen atoms in total. The Balaban J connectivity index is 2.72. The van der Waals surface area contributed by atoms with Gasteiger partial charge in [0.1, 0.15) is 18.8 Å². The lowest BCUT2D eigenvalue weighted by Gasteiger charge is -2.40. The van der Waals surface area contributed by atoms with Gasteiger partial charge in [0.15, 0.2) is 24.6 Å². The van der Waals surface area contributed by atoms with Crippen molar-refractivity contribution in [2.24, 2.45) is 0 Å². The summed E-state index contributed by atoms with van der Waals surface area (Å²) in [5, 5.41) is 31.5. The highest BCUT2D eigenvalue weighted by atomic mass is 16.7. The summed E-state index contributed by atoms with van der Waals surface area (Å²) in [5.74, 6) is -3.21. The molecule has 1 aliphatic rings. The van der Waals surface area contributed by atoms with E-state index in [4.69, 9.17) is 23.7 Å². The van der Waals surface area contributed by atoms with E-state index in [9.17, 15) is 34.5 Å². The van der Waals surface area contributed by atoms with E-state index in [0.29, 0.717) is 19.3 Å². The van der Waals surface area contributed by atoms with Crippen molar-refractivity contribution in [3.8, 4) is 0 Å². The van der Waals surface area contributed by atoms with Crippen molar-refractivity contribution in [3.63, 3.8) is 0 Å². The van der Waals surface area contributed by atoms with Gasteiger partial charge in [-0.3, -0.25) is 14.4 Å². The Bertz CT molecular complexity index is 1750. The van der Waals surface area contributed by atoms with Crippen molar-refractivity contribution in [2.75, 3.05) is 13.2 Å². The molecular formula is C65H104O12. The third kappa shape index (κ3) is 42.1. The topological polar surface area (TPSA) is 175 Å². The van der Waals surface area contributed by atoms with E-state index in [2.05, 4.69) is 130 Å². The van der Waals surface area contributed by atoms with Crippen molar-refractivity contribution in [1.29, 1.82) is 0 Å². The second-order valence-corrected chi connectivity index (χ2v) is 19.9. The Morgan fingerprint density at radius 1 is 0.442 bits per heavy atom. The zero-order chi connectivity index (χ0) is 56.1. The van der Waals surface area contributed by atoms with Gasteiger partial charge in [0.25, 0.3) is 0 Å². The maximum absolute atomic E-state index is 13.2. The van der Waals surface area contributed by atoms with Crippen LogP contribution in [0.1, 0.15) is 226 Å². The zero-order valence-electron chi connectivity index (χ0n) is 47.9. The van der Waals surface area contributed by atoms with Gasteiger partial charge in [0, 0.05) is 19.3 Å². The number of carboxylic acid groups (broad SMARTS) is 1. The van der Waals surface area contributed by atoms with Crippen LogP contribution in [-0.4, -0.2) is 89.2 Å². The molecule has 1 heterocycles. The average molecular weight is 1080 g/mol. The van der Waals surface area contributed by atoms with Gasteiger partial charge in [-0.2, -0.15) is 0 Å². The molecule has 0 aromatic carbocycles. The van der Waals surface area contributed by atoms with Gasteiger partial charge >= 0.3 is 23.9 Å². The maximum Gasteiger partial charge on any atom is 0.335 e. The molecule has 0 saturated carbocycles. The lowest BCUT2D eigenvalue weighted by Crippen LogP contribution is -2.61. The Labute approximate surface area is 465 Å². The predicted octanol–water partition coefficient (Wildman–Crippen LogP) is 15.4. The predicted molar refractivity (Wildman–Crippen MR) is 312 cm³/mol. The van der Waals surface area contributed by atoms with Crippen LogP contribution in [0.3, 0.4) is 0 Å². The number of unbranched alkanes of at least 4 members (excludes halogenated alkanes) is 17. The zero-order valence-corrected chi connectivity index (χ0v) is 47.9. The van der Waals surface area contributed by atoms with Crippen molar-refractivity contribution in [3.05, 3.63) is 109 Å². The number of rotatable bonds is 49. The van der Waals surface area contributed by atoms with E-state index in [1.807, 2.05) is 0 Å². The molecule has 77 heavy (non-hydrogen) atoms. The number of aliphatic hydroxyl groups is 2. The molecule has 0 aromatic rings. The fourth-order valence-corrected chi connectivity index (χ4v) is 8.28. The molecular weight excluding hydrogens is 973 g/mol. The first-order valence-electron chi connectivity index (χ1n) is 29.9. The molecule has 12 heteroatoms. The number of carboxylic acids is 1. The number of hydrogen-bond acceptors (Lipinski definition) is 11. The molecule has 6 atom stereocenters. The highest BCUT2D eigenvalue weighted by Crippen LogP contribution is 2.26. The van der Waals surface area contributed by atoms with Gasteiger partial charge in [-0.15, -0.1) is 0 Å². The summed E-state index contributed by atoms with van der Waals surface area (Å²) in [6.45, 7) is 5.69. The van der Waals surface area contributed by atoms with Crippen molar-refractivity contribution in [2.45, 2.75) is 263 Å². The van der Waals surface area contributed by atoms with Crippen LogP contribution >= 0.6 is 0 Å². The third-order valence-corrected chi connectivity index (χ3v) is 12.8. The number of aliphatic hydroxyl groups excluding tert-OH is 2. The summed E-state index contributed by atoms with van der Waals surface area (Å²) in [4.78, 5) is 51.1. The van der Waals surface area contributed by atoms with Crippen LogP contribution in [0.5, 0.6) is 0 Å². The van der Waals surface area contributed by atoms with Crippen LogP contribution in [0.2, 0.25) is 0 Å². The van der Waals surface area contributed by atoms with Crippen LogP contribution in [-0.2, 0) is 42.9 Å². The van der Waals surface area contributed by atoms with Gasteiger partial charge in [0.05, 0.1) is 6.61 Å². The number of ether oxygens (including phenoxy) is 5. The monoisotopic (exact) mass is 1080 g/mol. The number of esters is 3. The molecule has 1 fully saturated rings. The molecule has 1 aliphatic heterocycles. The summed E-state index contributed by atoms with van der Waals surface area (Å²) in [7, 11) is 0. The van der Waals surface area contributed by atoms with E-state index < -0.39 is 67.3 Å². The fourth-order valence-electron chi connectivity index (χ4n) is 8.28. The second kappa shape index (κ2) is 52.1. The van der Waals surface area contributed by atoms with Crippen LogP contribution in [0.15, 0.2) is 109 Å². The molecule has 0 aliphatic carbocycles. The van der Waals surface area contributed by atoms with E-state index >= 15 is 0 Å². The molecule has 0 aromatic heterocycles. The van der Waals surface area contributed by atoms with Crippen molar-refractivity contribution >= 4 is 23.9 Å². The number of allylic oxidation sites excluding steroid dienone is 18. The normalized spacial score (nSPS) is 18.8. The summed E-state index contributed by atoms with van der Waals surface area (Å²) in [6, 6.07) is 0. The summed E-state index contributed by atoms with van der Waals surface area (Å²) in [5.41, 5.74) is 0. The lowest BCUT2D eigenvalue weighted by molar-refractivity contribution is -0.301. The first-order chi connectivity index (χ1) is 37.6. The van der Waals surface area contributed by atoms with Crippen molar-refractivity contribution in [1.82, 2.24) is 0 Å². The Hall–Kier alpha value is -4.62. The Kier molecular flexibility index (Phi) is 47.6. The summed E-state index contributed by atoms with van der Waals surface area (Å²) < 4.78 is 28.4. The minimum absolute atomic E-state index is 0.0170. The molecule has 436 valence electrons. The van der Waals surface area contributed by atoms with Crippen LogP contribution < -0.4 is 0 Å². The smallest absolute Gasteiger partial charge is 0.335 e. The van der Waals surface area contributed by atoms with E-state index in [1.165, 1.54) is 19.3 Å². The van der Waals surface area contributed by atoms with Crippen LogP contribution in [0, 0.1) is 0 Å². The second-order valence-electron chi connectivity index (χ2n) is 19.9. The minimum Gasteiger partial charge on any atom is -0.479 e. The quantitative estimate of drug-likeness (QED) is 0.0228. The molecule has 0 radical (unpaired) electrons. The first kappa shape index (κ1) is 70.4. The van der Waals surface area contributed by atoms with Crippen LogP contribution in [0.25, 0.3) is 0 Å². The summed E-state index contributed by atoms with van der Waals surface area (Å²) in [6.07, 6.45) is 57.7. The van der Waals surface area contributed by atoms with E-state index in [1.54, 1.807) is 0 Å². The van der Waals surface area contributed by atoms with Crippen molar-refractivity contribution < 1.29 is 58.2 Å². The van der Waals surface area contributed by atoms with Crippen LogP contribution in [0.4, 0.5) is 0 Å². The first-order valence-corrected chi connectivity index (χ1v) is 29.9. The molecule has 0 bridgehead atoms. The number of hydrogen-bond donors (Lipinski definition) is 3. The number of carbonyl (C=O) groups is 4. The maximum atomic E-state index is 13.2. The SMILES string of the molecule is CC/C=C\C/C=C\C/C=C\C/C=C\CCCCCCCCC(=O)OCC(COC1OC(C(=O)O)C(O)C(O)C1OC(=O)CCCCC/C=C\C/C=C\C/C=C\CC)OC(=O)CCCCCCC/C=C\C/C=C\CCCCC. The van der Waals surface area contributed by atoms with Gasteiger partial charge in [-0.25, -0.2) is 4.79 Å². The van der Waals surface area contributed by atoms with Gasteiger partial charge in [-0.05, 0) is 122 Å².